The molecule has 0 aromatic carbocycles. The SMILES string of the molecule is C1CCOCC1.CCC(C)n1cccn1. The molecule has 0 radical (unpaired) electrons. The molecule has 0 bridgehead atoms. The van der Waals surface area contributed by atoms with E-state index >= 15 is 0 Å². The topological polar surface area (TPSA) is 27.1 Å². The van der Waals surface area contributed by atoms with Crippen LogP contribution < -0.4 is 0 Å². The number of nitrogens with zero attached hydrogens (tertiary/aromatic N) is 2. The zero-order valence-corrected chi connectivity index (χ0v) is 9.85. The van der Waals surface area contributed by atoms with E-state index in [0.29, 0.717) is 6.04 Å². The summed E-state index contributed by atoms with van der Waals surface area (Å²) in [5.41, 5.74) is 0. The van der Waals surface area contributed by atoms with Crippen LogP contribution in [0, 0.1) is 0 Å². The Morgan fingerprint density at radius 1 is 1.33 bits per heavy atom. The molecule has 1 aliphatic rings. The molecule has 1 unspecified atom stereocenters. The van der Waals surface area contributed by atoms with E-state index in [1.54, 1.807) is 0 Å². The second kappa shape index (κ2) is 7.46. The summed E-state index contributed by atoms with van der Waals surface area (Å²) in [7, 11) is 0. The first kappa shape index (κ1) is 12.2. The largest absolute Gasteiger partial charge is 0.381 e. The van der Waals surface area contributed by atoms with Crippen molar-refractivity contribution in [2.45, 2.75) is 45.6 Å². The summed E-state index contributed by atoms with van der Waals surface area (Å²) in [5, 5.41) is 4.10. The molecule has 1 atom stereocenters. The number of hydrogen-bond acceptors (Lipinski definition) is 2. The molecule has 1 aromatic rings. The number of hydrogen-bond donors (Lipinski definition) is 0. The van der Waals surface area contributed by atoms with Gasteiger partial charge in [0.15, 0.2) is 0 Å². The third kappa shape index (κ3) is 4.98. The minimum atomic E-state index is 0.542. The highest BCUT2D eigenvalue weighted by atomic mass is 16.5. The fourth-order valence-corrected chi connectivity index (χ4v) is 1.42. The predicted molar refractivity (Wildman–Crippen MR) is 61.9 cm³/mol. The molecule has 1 saturated heterocycles. The molecule has 0 saturated carbocycles. The van der Waals surface area contributed by atoms with Crippen molar-refractivity contribution in [1.82, 2.24) is 9.78 Å². The van der Waals surface area contributed by atoms with Crippen LogP contribution in [-0.4, -0.2) is 23.0 Å². The van der Waals surface area contributed by atoms with Crippen LogP contribution >= 0.6 is 0 Å². The molecule has 15 heavy (non-hydrogen) atoms. The van der Waals surface area contributed by atoms with E-state index in [1.807, 2.05) is 23.1 Å². The van der Waals surface area contributed by atoms with Gasteiger partial charge in [-0.05, 0) is 38.7 Å². The fourth-order valence-electron chi connectivity index (χ4n) is 1.42. The molecule has 0 amide bonds. The lowest BCUT2D eigenvalue weighted by molar-refractivity contribution is 0.0968. The first-order valence-electron chi connectivity index (χ1n) is 5.91. The number of ether oxygens (including phenoxy) is 1. The van der Waals surface area contributed by atoms with Crippen molar-refractivity contribution in [3.63, 3.8) is 0 Å². The quantitative estimate of drug-likeness (QED) is 0.750. The standard InChI is InChI=1S/C7H12N2.C5H10O/c1-3-7(2)9-6-4-5-8-9;1-2-4-6-5-3-1/h4-7H,3H2,1-2H3;1-5H2. The Morgan fingerprint density at radius 3 is 2.40 bits per heavy atom. The maximum Gasteiger partial charge on any atom is 0.0489 e. The van der Waals surface area contributed by atoms with Crippen molar-refractivity contribution in [2.24, 2.45) is 0 Å². The van der Waals surface area contributed by atoms with Crippen LogP contribution in [0.5, 0.6) is 0 Å². The Hall–Kier alpha value is -0.830. The van der Waals surface area contributed by atoms with Crippen molar-refractivity contribution in [1.29, 1.82) is 0 Å². The zero-order valence-electron chi connectivity index (χ0n) is 9.85. The summed E-state index contributed by atoms with van der Waals surface area (Å²) in [6.07, 6.45) is 8.88. The second-order valence-electron chi connectivity index (χ2n) is 3.92. The van der Waals surface area contributed by atoms with E-state index in [1.165, 1.54) is 19.3 Å². The van der Waals surface area contributed by atoms with Gasteiger partial charge in [-0.1, -0.05) is 6.92 Å². The summed E-state index contributed by atoms with van der Waals surface area (Å²) >= 11 is 0. The Bertz CT molecular complexity index is 218. The minimum Gasteiger partial charge on any atom is -0.381 e. The lowest BCUT2D eigenvalue weighted by Gasteiger charge is -2.08. The molecule has 1 fully saturated rings. The van der Waals surface area contributed by atoms with Gasteiger partial charge in [0.25, 0.3) is 0 Å². The highest BCUT2D eigenvalue weighted by Crippen LogP contribution is 2.05. The Morgan fingerprint density at radius 2 is 2.07 bits per heavy atom. The molecule has 1 aromatic heterocycles. The molecule has 86 valence electrons. The first-order chi connectivity index (χ1) is 7.34. The fraction of sp³-hybridized carbons (Fsp3) is 0.750. The highest BCUT2D eigenvalue weighted by molar-refractivity contribution is 4.79. The second-order valence-corrected chi connectivity index (χ2v) is 3.92. The van der Waals surface area contributed by atoms with Crippen LogP contribution in [0.3, 0.4) is 0 Å². The Labute approximate surface area is 92.4 Å². The lowest BCUT2D eigenvalue weighted by atomic mass is 10.2. The summed E-state index contributed by atoms with van der Waals surface area (Å²) in [6.45, 7) is 6.32. The Kier molecular flexibility index (Phi) is 6.09. The van der Waals surface area contributed by atoms with Crippen molar-refractivity contribution < 1.29 is 4.74 Å². The zero-order chi connectivity index (χ0) is 10.9. The van der Waals surface area contributed by atoms with Crippen LogP contribution in [0.4, 0.5) is 0 Å². The van der Waals surface area contributed by atoms with Crippen molar-refractivity contribution in [2.75, 3.05) is 13.2 Å². The van der Waals surface area contributed by atoms with E-state index in [2.05, 4.69) is 18.9 Å². The summed E-state index contributed by atoms with van der Waals surface area (Å²) in [6, 6.07) is 2.49. The van der Waals surface area contributed by atoms with Crippen LogP contribution in [-0.2, 0) is 4.74 Å². The molecule has 0 aliphatic carbocycles. The van der Waals surface area contributed by atoms with E-state index < -0.39 is 0 Å². The maximum atomic E-state index is 5.07. The van der Waals surface area contributed by atoms with E-state index in [4.69, 9.17) is 4.74 Å². The molecule has 3 nitrogen and oxygen atoms in total. The predicted octanol–water partition coefficient (Wildman–Crippen LogP) is 3.04. The molecular formula is C12H22N2O. The number of rotatable bonds is 2. The molecule has 2 rings (SSSR count). The van der Waals surface area contributed by atoms with Gasteiger partial charge in [-0.2, -0.15) is 5.10 Å². The molecule has 3 heteroatoms. The third-order valence-corrected chi connectivity index (χ3v) is 2.64. The van der Waals surface area contributed by atoms with Gasteiger partial charge in [-0.25, -0.2) is 0 Å². The monoisotopic (exact) mass is 210 g/mol. The minimum absolute atomic E-state index is 0.542. The van der Waals surface area contributed by atoms with Gasteiger partial charge in [0.1, 0.15) is 0 Å². The molecular weight excluding hydrogens is 188 g/mol. The first-order valence-corrected chi connectivity index (χ1v) is 5.91. The lowest BCUT2D eigenvalue weighted by Crippen LogP contribution is -2.03. The number of aromatic nitrogens is 2. The van der Waals surface area contributed by atoms with Crippen molar-refractivity contribution >= 4 is 0 Å². The van der Waals surface area contributed by atoms with Crippen LogP contribution in [0.1, 0.15) is 45.6 Å². The molecule has 0 N–H and O–H groups in total. The maximum absolute atomic E-state index is 5.07. The highest BCUT2D eigenvalue weighted by Gasteiger charge is 1.97. The molecule has 1 aliphatic heterocycles. The summed E-state index contributed by atoms with van der Waals surface area (Å²) in [4.78, 5) is 0. The van der Waals surface area contributed by atoms with Crippen LogP contribution in [0.15, 0.2) is 18.5 Å². The van der Waals surface area contributed by atoms with E-state index in [9.17, 15) is 0 Å². The molecule has 0 spiro atoms. The van der Waals surface area contributed by atoms with Gasteiger partial charge in [-0.15, -0.1) is 0 Å². The van der Waals surface area contributed by atoms with Crippen molar-refractivity contribution in [3.05, 3.63) is 18.5 Å². The summed E-state index contributed by atoms with van der Waals surface area (Å²) in [5.74, 6) is 0. The van der Waals surface area contributed by atoms with Gasteiger partial charge < -0.3 is 4.74 Å². The van der Waals surface area contributed by atoms with Crippen molar-refractivity contribution in [3.8, 4) is 0 Å². The van der Waals surface area contributed by atoms with Crippen LogP contribution in [0.2, 0.25) is 0 Å². The smallest absolute Gasteiger partial charge is 0.0489 e. The van der Waals surface area contributed by atoms with Gasteiger partial charge in [-0.3, -0.25) is 4.68 Å². The van der Waals surface area contributed by atoms with E-state index in [0.717, 1.165) is 19.6 Å². The van der Waals surface area contributed by atoms with Gasteiger partial charge >= 0.3 is 0 Å². The van der Waals surface area contributed by atoms with Gasteiger partial charge in [0, 0.05) is 31.6 Å². The van der Waals surface area contributed by atoms with Gasteiger partial charge in [0.2, 0.25) is 0 Å². The Balaban J connectivity index is 0.000000162. The average molecular weight is 210 g/mol. The third-order valence-electron chi connectivity index (χ3n) is 2.64. The normalized spacial score (nSPS) is 17.7. The van der Waals surface area contributed by atoms with E-state index in [-0.39, 0.29) is 0 Å². The van der Waals surface area contributed by atoms with Crippen LogP contribution in [0.25, 0.3) is 0 Å². The summed E-state index contributed by atoms with van der Waals surface area (Å²) < 4.78 is 7.04. The van der Waals surface area contributed by atoms with Gasteiger partial charge in [0.05, 0.1) is 0 Å². The average Bonchev–Trinajstić information content (AvgIpc) is 2.85. The molecule has 2 heterocycles.